The van der Waals surface area contributed by atoms with Gasteiger partial charge in [0.2, 0.25) is 0 Å². The first-order chi connectivity index (χ1) is 22.4. The molecule has 0 amide bonds. The molecule has 5 aliphatic rings. The molecule has 1 heteroatoms. The molecule has 0 radical (unpaired) electrons. The molecular formula is C46H52Si. The minimum atomic E-state index is -2.77. The van der Waals surface area contributed by atoms with Gasteiger partial charge in [-0.2, -0.15) is 0 Å². The lowest BCUT2D eigenvalue weighted by atomic mass is 9.32. The first-order valence-electron chi connectivity index (χ1n) is 18.1. The van der Waals surface area contributed by atoms with Crippen LogP contribution in [-0.4, -0.2) is 8.07 Å². The van der Waals surface area contributed by atoms with Crippen molar-refractivity contribution in [3.8, 4) is 0 Å². The third-order valence-corrected chi connectivity index (χ3v) is 22.1. The summed E-state index contributed by atoms with van der Waals surface area (Å²) in [5.41, 5.74) is 9.92. The molecule has 3 unspecified atom stereocenters. The third kappa shape index (κ3) is 3.45. The summed E-state index contributed by atoms with van der Waals surface area (Å²) >= 11 is 0. The van der Waals surface area contributed by atoms with Gasteiger partial charge in [0.1, 0.15) is 8.07 Å². The molecule has 0 aliphatic heterocycles. The molecule has 5 aliphatic carbocycles. The average molecular weight is 633 g/mol. The summed E-state index contributed by atoms with van der Waals surface area (Å²) < 4.78 is 0. The first kappa shape index (κ1) is 30.9. The lowest BCUT2D eigenvalue weighted by molar-refractivity contribution is -0.156. The van der Waals surface area contributed by atoms with Crippen LogP contribution in [0.25, 0.3) is 5.57 Å². The second-order valence-corrected chi connectivity index (χ2v) is 21.5. The number of hydrogen-bond donors (Lipinski definition) is 0. The molecule has 0 nitrogen and oxygen atoms in total. The van der Waals surface area contributed by atoms with E-state index in [1.807, 2.05) is 0 Å². The number of rotatable bonds is 4. The summed E-state index contributed by atoms with van der Waals surface area (Å²) in [6.07, 6.45) is 18.2. The van der Waals surface area contributed by atoms with Crippen LogP contribution in [0.2, 0.25) is 10.6 Å². The van der Waals surface area contributed by atoms with Crippen LogP contribution in [0.1, 0.15) is 79.4 Å². The van der Waals surface area contributed by atoms with Crippen molar-refractivity contribution in [3.05, 3.63) is 149 Å². The molecule has 0 N–H and O–H groups in total. The molecule has 0 spiro atoms. The second kappa shape index (κ2) is 10.0. The number of benzene rings is 3. The standard InChI is InChI=1S/C46H52Si/c1-42(2)43(3,4)45(7)39-30-20-19-29-37(39)40-36-28-18-15-21-32(36)31-38(40)41(45)46(8,44(42,5)6)47(35-26-16-17-27-35,33-22-11-9-12-23-33)34-24-13-10-14-25-34/h9-19,21-29,35,39H,20,30-31H2,1-8H3. The average Bonchev–Trinajstić information content (AvgIpc) is 3.74. The van der Waals surface area contributed by atoms with Gasteiger partial charge in [-0.3, -0.25) is 0 Å². The zero-order valence-corrected chi connectivity index (χ0v) is 30.8. The van der Waals surface area contributed by atoms with Crippen LogP contribution in [0.3, 0.4) is 0 Å². The Hall–Kier alpha value is -3.42. The Morgan fingerprint density at radius 1 is 0.638 bits per heavy atom. The fraction of sp³-hybridized carbons (Fsp3) is 0.391. The van der Waals surface area contributed by atoms with Gasteiger partial charge in [-0.15, -0.1) is 0 Å². The maximum Gasteiger partial charge on any atom is 0.138 e. The number of fused-ring (bicyclic) bond motifs is 6. The highest BCUT2D eigenvalue weighted by Crippen LogP contribution is 2.84. The maximum atomic E-state index is 2.79. The molecule has 0 heterocycles. The summed E-state index contributed by atoms with van der Waals surface area (Å²) in [6.45, 7) is 21.5. The lowest BCUT2D eigenvalue weighted by Gasteiger charge is -2.78. The quantitative estimate of drug-likeness (QED) is 0.251. The molecular weight excluding hydrogens is 581 g/mol. The first-order valence-corrected chi connectivity index (χ1v) is 20.2. The summed E-state index contributed by atoms with van der Waals surface area (Å²) in [5.74, 6) is 0.477. The van der Waals surface area contributed by atoms with E-state index in [-0.39, 0.29) is 26.7 Å². The molecule has 240 valence electrons. The van der Waals surface area contributed by atoms with Crippen molar-refractivity contribution in [2.45, 2.75) is 85.2 Å². The van der Waals surface area contributed by atoms with Crippen LogP contribution in [0.5, 0.6) is 0 Å². The topological polar surface area (TPSA) is 0 Å². The Morgan fingerprint density at radius 3 is 1.83 bits per heavy atom. The van der Waals surface area contributed by atoms with Crippen molar-refractivity contribution in [2.24, 2.45) is 27.6 Å². The molecule has 1 fully saturated rings. The predicted octanol–water partition coefficient (Wildman–Crippen LogP) is 10.9. The number of allylic oxidation sites excluding steroid dienone is 10. The van der Waals surface area contributed by atoms with E-state index < -0.39 is 8.07 Å². The van der Waals surface area contributed by atoms with E-state index in [0.29, 0.717) is 11.5 Å². The van der Waals surface area contributed by atoms with E-state index in [0.717, 1.165) is 12.8 Å². The molecule has 8 rings (SSSR count). The Kier molecular flexibility index (Phi) is 6.60. The van der Waals surface area contributed by atoms with Gasteiger partial charge in [-0.05, 0) is 79.9 Å². The van der Waals surface area contributed by atoms with Gasteiger partial charge in [0.15, 0.2) is 0 Å². The Balaban J connectivity index is 1.63. The van der Waals surface area contributed by atoms with Crippen molar-refractivity contribution in [2.75, 3.05) is 0 Å². The maximum absolute atomic E-state index is 2.79. The molecule has 0 aromatic heterocycles. The molecule has 3 aromatic rings. The largest absolute Gasteiger partial charge is 0.138 e. The molecule has 1 saturated carbocycles. The van der Waals surface area contributed by atoms with Crippen molar-refractivity contribution in [3.63, 3.8) is 0 Å². The predicted molar refractivity (Wildman–Crippen MR) is 204 cm³/mol. The van der Waals surface area contributed by atoms with Crippen LogP contribution in [0.15, 0.2) is 138 Å². The minimum absolute atomic E-state index is 0.0105. The van der Waals surface area contributed by atoms with E-state index in [1.165, 1.54) is 17.5 Å². The van der Waals surface area contributed by atoms with Crippen molar-refractivity contribution in [1.29, 1.82) is 0 Å². The Bertz CT molecular complexity index is 1860. The van der Waals surface area contributed by atoms with E-state index in [9.17, 15) is 0 Å². The smallest absolute Gasteiger partial charge is 0.0842 e. The summed E-state index contributed by atoms with van der Waals surface area (Å²) in [4.78, 5) is 0. The molecule has 0 saturated heterocycles. The zero-order chi connectivity index (χ0) is 33.0. The van der Waals surface area contributed by atoms with Gasteiger partial charge in [0, 0.05) is 5.41 Å². The lowest BCUT2D eigenvalue weighted by Crippen LogP contribution is -2.78. The molecule has 3 aromatic carbocycles. The molecule has 0 bridgehead atoms. The summed E-state index contributed by atoms with van der Waals surface area (Å²) in [7, 11) is -2.77. The zero-order valence-electron chi connectivity index (χ0n) is 29.8. The highest BCUT2D eigenvalue weighted by atomic mass is 28.3. The third-order valence-electron chi connectivity index (χ3n) is 15.7. The molecule has 3 atom stereocenters. The van der Waals surface area contributed by atoms with E-state index >= 15 is 0 Å². The highest BCUT2D eigenvalue weighted by Gasteiger charge is 2.78. The van der Waals surface area contributed by atoms with E-state index in [4.69, 9.17) is 0 Å². The summed E-state index contributed by atoms with van der Waals surface area (Å²) in [5, 5.41) is 2.98. The molecule has 47 heavy (non-hydrogen) atoms. The van der Waals surface area contributed by atoms with Gasteiger partial charge in [-0.25, -0.2) is 0 Å². The van der Waals surface area contributed by atoms with Crippen LogP contribution in [-0.2, 0) is 6.42 Å². The normalized spacial score (nSPS) is 29.8. The number of hydrogen-bond acceptors (Lipinski definition) is 0. The minimum Gasteiger partial charge on any atom is -0.0842 e. The fourth-order valence-corrected chi connectivity index (χ4v) is 19.5. The van der Waals surface area contributed by atoms with Crippen LogP contribution >= 0.6 is 0 Å². The van der Waals surface area contributed by atoms with Crippen LogP contribution in [0.4, 0.5) is 0 Å². The van der Waals surface area contributed by atoms with Gasteiger partial charge in [0.05, 0.1) is 0 Å². The monoisotopic (exact) mass is 632 g/mol. The summed E-state index contributed by atoms with van der Waals surface area (Å²) in [6, 6.07) is 33.1. The van der Waals surface area contributed by atoms with Crippen molar-refractivity contribution in [1.82, 2.24) is 0 Å². The van der Waals surface area contributed by atoms with Crippen molar-refractivity contribution >= 4 is 24.0 Å². The van der Waals surface area contributed by atoms with Gasteiger partial charge < -0.3 is 0 Å². The van der Waals surface area contributed by atoms with Crippen molar-refractivity contribution < 1.29 is 0 Å². The van der Waals surface area contributed by atoms with Gasteiger partial charge >= 0.3 is 0 Å². The Morgan fingerprint density at radius 2 is 1.21 bits per heavy atom. The fourth-order valence-electron chi connectivity index (χ4n) is 12.2. The van der Waals surface area contributed by atoms with Gasteiger partial charge in [0.25, 0.3) is 0 Å². The SMILES string of the molecule is CC12C(=C3Cc4ccccc4C3=C3C=CCCC31)C(C)([Si](c1ccccc1)(c1ccccc1)C1C=CC=C1)C(C)(C)C(C)(C)C2(C)C. The van der Waals surface area contributed by atoms with Gasteiger partial charge in [-0.1, -0.05) is 193 Å². The highest BCUT2D eigenvalue weighted by molar-refractivity contribution is 7.06. The van der Waals surface area contributed by atoms with E-state index in [2.05, 4.69) is 177 Å². The van der Waals surface area contributed by atoms with Crippen LogP contribution in [0, 0.1) is 27.6 Å². The Labute approximate surface area is 285 Å². The van der Waals surface area contributed by atoms with Crippen LogP contribution < -0.4 is 10.4 Å². The second-order valence-electron chi connectivity index (χ2n) is 17.1. The van der Waals surface area contributed by atoms with E-state index in [1.54, 1.807) is 32.7 Å².